The summed E-state index contributed by atoms with van der Waals surface area (Å²) in [5, 5.41) is 5.95. The third-order valence-electron chi connectivity index (χ3n) is 3.38. The van der Waals surface area contributed by atoms with Crippen LogP contribution < -0.4 is 10.6 Å². The maximum absolute atomic E-state index is 12.2. The van der Waals surface area contributed by atoms with Gasteiger partial charge in [0.2, 0.25) is 5.91 Å². The highest BCUT2D eigenvalue weighted by molar-refractivity contribution is 7.91. The third kappa shape index (κ3) is 4.46. The van der Waals surface area contributed by atoms with E-state index >= 15 is 0 Å². The summed E-state index contributed by atoms with van der Waals surface area (Å²) in [6.45, 7) is 2.86. The van der Waals surface area contributed by atoms with Gasteiger partial charge in [-0.15, -0.1) is 0 Å². The predicted molar refractivity (Wildman–Crippen MR) is 83.0 cm³/mol. The predicted octanol–water partition coefficient (Wildman–Crippen LogP) is 1.81. The summed E-state index contributed by atoms with van der Waals surface area (Å²) in [4.78, 5) is 11.8. The Labute approximate surface area is 126 Å². The first kappa shape index (κ1) is 15.8. The van der Waals surface area contributed by atoms with E-state index in [-0.39, 0.29) is 17.6 Å². The molecule has 2 N–H and O–H groups in total. The fraction of sp³-hybridized carbons (Fsp3) is 0.533. The molecular weight excluding hydrogens is 288 g/mol. The van der Waals surface area contributed by atoms with Gasteiger partial charge in [-0.25, -0.2) is 8.42 Å². The number of carbonyl (C=O) groups excluding carboxylic acids is 1. The number of benzene rings is 1. The van der Waals surface area contributed by atoms with Crippen molar-refractivity contribution in [2.24, 2.45) is 5.92 Å². The lowest BCUT2D eigenvalue weighted by Crippen LogP contribution is -2.30. The Morgan fingerprint density at radius 3 is 2.62 bits per heavy atom. The van der Waals surface area contributed by atoms with Crippen molar-refractivity contribution < 1.29 is 13.2 Å². The highest BCUT2D eigenvalue weighted by atomic mass is 32.2. The molecule has 21 heavy (non-hydrogen) atoms. The van der Waals surface area contributed by atoms with Crippen molar-refractivity contribution in [3.8, 4) is 0 Å². The molecule has 1 aliphatic carbocycles. The van der Waals surface area contributed by atoms with E-state index in [1.54, 1.807) is 24.3 Å². The van der Waals surface area contributed by atoms with Crippen LogP contribution in [0.1, 0.15) is 26.2 Å². The molecule has 0 bridgehead atoms. The quantitative estimate of drug-likeness (QED) is 0.718. The Bertz CT molecular complexity index is 595. The van der Waals surface area contributed by atoms with E-state index in [4.69, 9.17) is 0 Å². The van der Waals surface area contributed by atoms with Gasteiger partial charge in [-0.1, -0.05) is 19.1 Å². The van der Waals surface area contributed by atoms with Crippen LogP contribution in [0.25, 0.3) is 0 Å². The highest BCUT2D eigenvalue weighted by Gasteiger charge is 2.29. The number of rotatable bonds is 8. The highest BCUT2D eigenvalue weighted by Crippen LogP contribution is 2.28. The fourth-order valence-electron chi connectivity index (χ4n) is 2.14. The summed E-state index contributed by atoms with van der Waals surface area (Å²) in [5.41, 5.74) is 0.603. The van der Waals surface area contributed by atoms with Gasteiger partial charge in [0.25, 0.3) is 0 Å². The smallest absolute Gasteiger partial charge is 0.223 e. The summed E-state index contributed by atoms with van der Waals surface area (Å²) < 4.78 is 24.4. The minimum atomic E-state index is -3.25. The Kier molecular flexibility index (Phi) is 5.22. The molecule has 6 heteroatoms. The van der Waals surface area contributed by atoms with E-state index < -0.39 is 9.84 Å². The SMILES string of the molecule is CCCS(=O)(=O)c1ccccc1NCCNC(=O)C1CC1. The van der Waals surface area contributed by atoms with Crippen LogP contribution in [0.2, 0.25) is 0 Å². The molecule has 1 aromatic rings. The van der Waals surface area contributed by atoms with Crippen LogP contribution in [0.4, 0.5) is 5.69 Å². The van der Waals surface area contributed by atoms with E-state index in [1.807, 2.05) is 6.92 Å². The van der Waals surface area contributed by atoms with Crippen LogP contribution in [-0.2, 0) is 14.6 Å². The van der Waals surface area contributed by atoms with Crippen LogP contribution in [-0.4, -0.2) is 33.2 Å². The van der Waals surface area contributed by atoms with E-state index in [2.05, 4.69) is 10.6 Å². The first-order chi connectivity index (χ1) is 10.0. The second kappa shape index (κ2) is 6.93. The Morgan fingerprint density at radius 2 is 1.95 bits per heavy atom. The molecule has 0 spiro atoms. The number of para-hydroxylation sites is 1. The number of hydrogen-bond acceptors (Lipinski definition) is 4. The second-order valence-corrected chi connectivity index (χ2v) is 7.38. The normalized spacial score (nSPS) is 14.7. The molecule has 1 aliphatic rings. The first-order valence-corrected chi connectivity index (χ1v) is 9.03. The number of nitrogens with one attached hydrogen (secondary N) is 2. The maximum Gasteiger partial charge on any atom is 0.223 e. The molecule has 1 fully saturated rings. The van der Waals surface area contributed by atoms with Crippen molar-refractivity contribution in [1.82, 2.24) is 5.32 Å². The van der Waals surface area contributed by atoms with Crippen molar-refractivity contribution in [1.29, 1.82) is 0 Å². The molecule has 0 aromatic heterocycles. The molecule has 0 unspecified atom stereocenters. The summed E-state index contributed by atoms with van der Waals surface area (Å²) in [6.07, 6.45) is 2.56. The Hall–Kier alpha value is -1.56. The molecule has 0 heterocycles. The lowest BCUT2D eigenvalue weighted by molar-refractivity contribution is -0.122. The molecule has 0 atom stereocenters. The zero-order valence-electron chi connectivity index (χ0n) is 12.3. The van der Waals surface area contributed by atoms with Gasteiger partial charge in [-0.05, 0) is 31.4 Å². The van der Waals surface area contributed by atoms with Crippen molar-refractivity contribution in [3.05, 3.63) is 24.3 Å². The molecule has 1 amide bonds. The fourth-order valence-corrected chi connectivity index (χ4v) is 3.65. The van der Waals surface area contributed by atoms with Gasteiger partial charge in [0.05, 0.1) is 16.3 Å². The summed E-state index contributed by atoms with van der Waals surface area (Å²) >= 11 is 0. The lowest BCUT2D eigenvalue weighted by atomic mass is 10.3. The van der Waals surface area contributed by atoms with Gasteiger partial charge >= 0.3 is 0 Å². The molecule has 0 saturated heterocycles. The van der Waals surface area contributed by atoms with Crippen LogP contribution >= 0.6 is 0 Å². The number of sulfone groups is 1. The molecule has 1 saturated carbocycles. The zero-order valence-corrected chi connectivity index (χ0v) is 13.1. The molecule has 2 rings (SSSR count). The lowest BCUT2D eigenvalue weighted by Gasteiger charge is -2.12. The van der Waals surface area contributed by atoms with Crippen LogP contribution in [0.15, 0.2) is 29.2 Å². The minimum absolute atomic E-state index is 0.101. The molecule has 0 radical (unpaired) electrons. The van der Waals surface area contributed by atoms with Crippen LogP contribution in [0.5, 0.6) is 0 Å². The van der Waals surface area contributed by atoms with Crippen molar-refractivity contribution in [2.45, 2.75) is 31.1 Å². The van der Waals surface area contributed by atoms with Gasteiger partial charge in [-0.3, -0.25) is 4.79 Å². The molecular formula is C15H22N2O3S. The van der Waals surface area contributed by atoms with Gasteiger partial charge in [0.15, 0.2) is 9.84 Å². The zero-order chi connectivity index (χ0) is 15.3. The van der Waals surface area contributed by atoms with Crippen molar-refractivity contribution in [2.75, 3.05) is 24.2 Å². The average Bonchev–Trinajstić information content (AvgIpc) is 3.28. The summed E-state index contributed by atoms with van der Waals surface area (Å²) in [7, 11) is -3.25. The molecule has 5 nitrogen and oxygen atoms in total. The monoisotopic (exact) mass is 310 g/mol. The second-order valence-electron chi connectivity index (χ2n) is 5.31. The van der Waals surface area contributed by atoms with E-state index in [0.717, 1.165) is 12.8 Å². The topological polar surface area (TPSA) is 75.3 Å². The molecule has 0 aliphatic heterocycles. The Morgan fingerprint density at radius 1 is 1.24 bits per heavy atom. The maximum atomic E-state index is 12.2. The minimum Gasteiger partial charge on any atom is -0.382 e. The van der Waals surface area contributed by atoms with Gasteiger partial charge in [-0.2, -0.15) is 0 Å². The van der Waals surface area contributed by atoms with E-state index in [1.165, 1.54) is 0 Å². The third-order valence-corrected chi connectivity index (χ3v) is 5.35. The number of hydrogen-bond donors (Lipinski definition) is 2. The number of carbonyl (C=O) groups is 1. The first-order valence-electron chi connectivity index (χ1n) is 7.38. The van der Waals surface area contributed by atoms with Crippen LogP contribution in [0, 0.1) is 5.92 Å². The average molecular weight is 310 g/mol. The number of anilines is 1. The standard InChI is InChI=1S/C15H22N2O3S/c1-2-11-21(19,20)14-6-4-3-5-13(14)16-9-10-17-15(18)12-7-8-12/h3-6,12,16H,2,7-11H2,1H3,(H,17,18). The largest absolute Gasteiger partial charge is 0.382 e. The van der Waals surface area contributed by atoms with Gasteiger partial charge in [0, 0.05) is 19.0 Å². The molecule has 116 valence electrons. The summed E-state index contributed by atoms with van der Waals surface area (Å²) in [6, 6.07) is 6.90. The van der Waals surface area contributed by atoms with Crippen molar-refractivity contribution in [3.63, 3.8) is 0 Å². The summed E-state index contributed by atoms with van der Waals surface area (Å²) in [5.74, 6) is 0.440. The van der Waals surface area contributed by atoms with Gasteiger partial charge < -0.3 is 10.6 Å². The molecule has 1 aromatic carbocycles. The van der Waals surface area contributed by atoms with Crippen LogP contribution in [0.3, 0.4) is 0 Å². The van der Waals surface area contributed by atoms with E-state index in [9.17, 15) is 13.2 Å². The van der Waals surface area contributed by atoms with E-state index in [0.29, 0.717) is 30.1 Å². The Balaban J connectivity index is 1.92. The van der Waals surface area contributed by atoms with Gasteiger partial charge in [0.1, 0.15) is 0 Å². The van der Waals surface area contributed by atoms with Crippen molar-refractivity contribution >= 4 is 21.4 Å². The number of amides is 1.